The number of fused-ring (bicyclic) bond motifs is 1. The van der Waals surface area contributed by atoms with Gasteiger partial charge in [-0.05, 0) is 51.2 Å². The predicted molar refractivity (Wildman–Crippen MR) is 97.1 cm³/mol. The van der Waals surface area contributed by atoms with E-state index in [9.17, 15) is 4.79 Å². The maximum absolute atomic E-state index is 12.6. The number of aromatic nitrogens is 3. The van der Waals surface area contributed by atoms with E-state index >= 15 is 0 Å². The Hall–Kier alpha value is -2.44. The van der Waals surface area contributed by atoms with Gasteiger partial charge in [0.25, 0.3) is 0 Å². The lowest BCUT2D eigenvalue weighted by atomic mass is 9.97. The zero-order chi connectivity index (χ0) is 18.1. The predicted octanol–water partition coefficient (Wildman–Crippen LogP) is 1.85. The minimum Gasteiger partial charge on any atom is -0.361 e. The highest BCUT2D eigenvalue weighted by molar-refractivity contribution is 5.79. The van der Waals surface area contributed by atoms with Crippen molar-refractivity contribution in [3.63, 3.8) is 0 Å². The lowest BCUT2D eigenvalue weighted by Gasteiger charge is -2.35. The molecule has 1 aliphatic heterocycles. The summed E-state index contributed by atoms with van der Waals surface area (Å²) >= 11 is 0. The molecule has 0 spiro atoms. The fourth-order valence-corrected chi connectivity index (χ4v) is 3.84. The molecule has 2 aromatic rings. The monoisotopic (exact) mass is 355 g/mol. The molecule has 2 aliphatic rings. The normalized spacial score (nSPS) is 17.3. The first kappa shape index (κ1) is 17.0. The number of nitrogens with zero attached hydrogens (tertiary/aromatic N) is 5. The third-order valence-corrected chi connectivity index (χ3v) is 5.52. The van der Waals surface area contributed by atoms with Crippen LogP contribution >= 0.6 is 0 Å². The van der Waals surface area contributed by atoms with Gasteiger partial charge in [0, 0.05) is 31.7 Å². The van der Waals surface area contributed by atoms with E-state index in [4.69, 9.17) is 4.52 Å². The van der Waals surface area contributed by atoms with Gasteiger partial charge in [0.2, 0.25) is 5.91 Å². The number of hydrogen-bond acceptors (Lipinski definition) is 6. The summed E-state index contributed by atoms with van der Waals surface area (Å²) in [6.45, 7) is 6.74. The van der Waals surface area contributed by atoms with Crippen LogP contribution in [0.4, 0.5) is 5.82 Å². The first-order valence-corrected chi connectivity index (χ1v) is 9.42. The Morgan fingerprint density at radius 1 is 1.12 bits per heavy atom. The highest BCUT2D eigenvalue weighted by atomic mass is 16.5. The van der Waals surface area contributed by atoms with Crippen LogP contribution in [0.3, 0.4) is 0 Å². The van der Waals surface area contributed by atoms with Crippen LogP contribution in [0.15, 0.2) is 10.6 Å². The van der Waals surface area contributed by atoms with Crippen LogP contribution in [0.1, 0.15) is 41.1 Å². The van der Waals surface area contributed by atoms with E-state index in [1.54, 1.807) is 0 Å². The summed E-state index contributed by atoms with van der Waals surface area (Å²) < 4.78 is 5.16. The number of anilines is 1. The number of aryl methyl sites for hydroxylation is 4. The smallest absolute Gasteiger partial charge is 0.227 e. The van der Waals surface area contributed by atoms with Crippen molar-refractivity contribution >= 4 is 11.7 Å². The van der Waals surface area contributed by atoms with Gasteiger partial charge in [-0.25, -0.2) is 0 Å². The topological polar surface area (TPSA) is 75.4 Å². The molecule has 4 rings (SSSR count). The number of carbonyl (C=O) groups excluding carboxylic acids is 1. The van der Waals surface area contributed by atoms with Crippen LogP contribution in [-0.2, 0) is 24.1 Å². The average molecular weight is 355 g/mol. The van der Waals surface area contributed by atoms with Crippen LogP contribution in [-0.4, -0.2) is 52.3 Å². The number of rotatable bonds is 3. The van der Waals surface area contributed by atoms with Gasteiger partial charge in [-0.2, -0.15) is 5.10 Å². The molecule has 0 radical (unpaired) electrons. The molecule has 1 fully saturated rings. The molecule has 2 aromatic heterocycles. The quantitative estimate of drug-likeness (QED) is 0.836. The summed E-state index contributed by atoms with van der Waals surface area (Å²) in [7, 11) is 0. The van der Waals surface area contributed by atoms with Crippen molar-refractivity contribution in [3.8, 4) is 0 Å². The molecule has 0 unspecified atom stereocenters. The number of hydrogen-bond donors (Lipinski definition) is 0. The standard InChI is InChI=1S/C19H25N5O2/c1-13-16(14(2)26-22-13)12-19(25)24-9-7-23(8-10-24)18-11-15-5-3-4-6-17(15)20-21-18/h11H,3-10,12H2,1-2H3. The zero-order valence-electron chi connectivity index (χ0n) is 15.5. The van der Waals surface area contributed by atoms with E-state index < -0.39 is 0 Å². The second-order valence-electron chi connectivity index (χ2n) is 7.23. The van der Waals surface area contributed by atoms with Crippen molar-refractivity contribution in [2.45, 2.75) is 46.0 Å². The number of amides is 1. The lowest BCUT2D eigenvalue weighted by Crippen LogP contribution is -2.49. The van der Waals surface area contributed by atoms with E-state index in [0.717, 1.165) is 54.5 Å². The molecule has 0 atom stereocenters. The maximum atomic E-state index is 12.6. The molecule has 26 heavy (non-hydrogen) atoms. The van der Waals surface area contributed by atoms with Crippen molar-refractivity contribution in [1.29, 1.82) is 0 Å². The molecule has 0 bridgehead atoms. The second-order valence-corrected chi connectivity index (χ2v) is 7.23. The average Bonchev–Trinajstić information content (AvgIpc) is 2.99. The van der Waals surface area contributed by atoms with E-state index in [0.29, 0.717) is 19.5 Å². The Balaban J connectivity index is 1.37. The first-order valence-electron chi connectivity index (χ1n) is 9.42. The Morgan fingerprint density at radius 2 is 1.88 bits per heavy atom. The summed E-state index contributed by atoms with van der Waals surface area (Å²) in [5.41, 5.74) is 4.23. The molecular weight excluding hydrogens is 330 g/mol. The molecule has 0 N–H and O–H groups in total. The second kappa shape index (κ2) is 7.05. The van der Waals surface area contributed by atoms with Gasteiger partial charge in [0.1, 0.15) is 5.76 Å². The van der Waals surface area contributed by atoms with Crippen LogP contribution < -0.4 is 4.90 Å². The minimum atomic E-state index is 0.135. The molecule has 3 heterocycles. The fraction of sp³-hybridized carbons (Fsp3) is 0.579. The van der Waals surface area contributed by atoms with E-state index in [-0.39, 0.29) is 5.91 Å². The Labute approximate surface area is 153 Å². The van der Waals surface area contributed by atoms with Crippen LogP contribution in [0.2, 0.25) is 0 Å². The van der Waals surface area contributed by atoms with Crippen molar-refractivity contribution in [3.05, 3.63) is 34.3 Å². The Bertz CT molecular complexity index is 789. The van der Waals surface area contributed by atoms with Crippen LogP contribution in [0.5, 0.6) is 0 Å². The van der Waals surface area contributed by atoms with Gasteiger partial charge in [-0.1, -0.05) is 5.16 Å². The van der Waals surface area contributed by atoms with Gasteiger partial charge in [0.15, 0.2) is 5.82 Å². The van der Waals surface area contributed by atoms with Crippen LogP contribution in [0, 0.1) is 13.8 Å². The van der Waals surface area contributed by atoms with Crippen molar-refractivity contribution < 1.29 is 9.32 Å². The fourth-order valence-electron chi connectivity index (χ4n) is 3.84. The molecular formula is C19H25N5O2. The van der Waals surface area contributed by atoms with Gasteiger partial charge in [0.05, 0.1) is 17.8 Å². The summed E-state index contributed by atoms with van der Waals surface area (Å²) in [5.74, 6) is 1.82. The van der Waals surface area contributed by atoms with E-state index in [2.05, 4.69) is 26.3 Å². The van der Waals surface area contributed by atoms with E-state index in [1.807, 2.05) is 18.7 Å². The van der Waals surface area contributed by atoms with Gasteiger partial charge in [-0.15, -0.1) is 5.10 Å². The van der Waals surface area contributed by atoms with Crippen molar-refractivity contribution in [2.24, 2.45) is 0 Å². The molecule has 1 saturated heterocycles. The third kappa shape index (κ3) is 3.30. The summed E-state index contributed by atoms with van der Waals surface area (Å²) in [6.07, 6.45) is 4.97. The largest absolute Gasteiger partial charge is 0.361 e. The molecule has 0 saturated carbocycles. The lowest BCUT2D eigenvalue weighted by molar-refractivity contribution is -0.130. The molecule has 0 aromatic carbocycles. The maximum Gasteiger partial charge on any atom is 0.227 e. The first-order chi connectivity index (χ1) is 12.6. The van der Waals surface area contributed by atoms with Crippen molar-refractivity contribution in [1.82, 2.24) is 20.3 Å². The Morgan fingerprint density at radius 3 is 2.62 bits per heavy atom. The van der Waals surface area contributed by atoms with E-state index in [1.165, 1.54) is 18.4 Å². The van der Waals surface area contributed by atoms with Gasteiger partial charge < -0.3 is 14.3 Å². The number of piperazine rings is 1. The third-order valence-electron chi connectivity index (χ3n) is 5.52. The number of carbonyl (C=O) groups is 1. The molecule has 138 valence electrons. The molecule has 7 heteroatoms. The van der Waals surface area contributed by atoms with Crippen LogP contribution in [0.25, 0.3) is 0 Å². The minimum absolute atomic E-state index is 0.135. The highest BCUT2D eigenvalue weighted by Crippen LogP contribution is 2.23. The summed E-state index contributed by atoms with van der Waals surface area (Å²) in [5, 5.41) is 12.8. The molecule has 7 nitrogen and oxygen atoms in total. The van der Waals surface area contributed by atoms with Gasteiger partial charge in [-0.3, -0.25) is 4.79 Å². The Kier molecular flexibility index (Phi) is 4.61. The highest BCUT2D eigenvalue weighted by Gasteiger charge is 2.24. The molecule has 1 aliphatic carbocycles. The van der Waals surface area contributed by atoms with Crippen molar-refractivity contribution in [2.75, 3.05) is 31.1 Å². The van der Waals surface area contributed by atoms with Gasteiger partial charge >= 0.3 is 0 Å². The zero-order valence-corrected chi connectivity index (χ0v) is 15.5. The summed E-state index contributed by atoms with van der Waals surface area (Å²) in [6, 6.07) is 2.20. The summed E-state index contributed by atoms with van der Waals surface area (Å²) in [4.78, 5) is 16.8. The molecule has 1 amide bonds. The SMILES string of the molecule is Cc1noc(C)c1CC(=O)N1CCN(c2cc3c(nn2)CCCC3)CC1.